The van der Waals surface area contributed by atoms with E-state index in [-0.39, 0.29) is 26.1 Å². The first-order chi connectivity index (χ1) is 30.5. The van der Waals surface area contributed by atoms with E-state index in [2.05, 4.69) is 62.5 Å². The summed E-state index contributed by atoms with van der Waals surface area (Å²) in [4.78, 5) is 37.7. The van der Waals surface area contributed by atoms with E-state index in [9.17, 15) is 19.0 Å². The zero-order valence-electron chi connectivity index (χ0n) is 41.5. The lowest BCUT2D eigenvalue weighted by molar-refractivity contribution is -0.870. The van der Waals surface area contributed by atoms with Crippen LogP contribution in [0.5, 0.6) is 0 Å². The summed E-state index contributed by atoms with van der Waals surface area (Å²) in [5, 5.41) is 0. The van der Waals surface area contributed by atoms with Crippen LogP contribution in [0.4, 0.5) is 0 Å². The molecule has 2 atom stereocenters. The summed E-state index contributed by atoms with van der Waals surface area (Å²) in [7, 11) is 1.14. The lowest BCUT2D eigenvalue weighted by Crippen LogP contribution is -2.37. The predicted octanol–water partition coefficient (Wildman–Crippen LogP) is 14.8. The van der Waals surface area contributed by atoms with Gasteiger partial charge in [0.2, 0.25) is 0 Å². The summed E-state index contributed by atoms with van der Waals surface area (Å²) < 4.78 is 34.0. The summed E-state index contributed by atoms with van der Waals surface area (Å²) in [5.41, 5.74) is 0. The van der Waals surface area contributed by atoms with Gasteiger partial charge in [-0.3, -0.25) is 14.2 Å². The second-order valence-electron chi connectivity index (χ2n) is 18.5. The van der Waals surface area contributed by atoms with Crippen molar-refractivity contribution in [2.75, 3.05) is 47.5 Å². The molecule has 0 rings (SSSR count). The Morgan fingerprint density at radius 3 is 1.32 bits per heavy atom. The highest BCUT2D eigenvalue weighted by molar-refractivity contribution is 7.45. The summed E-state index contributed by atoms with van der Waals surface area (Å²) >= 11 is 0. The third kappa shape index (κ3) is 49.2. The molecule has 0 aliphatic carbocycles. The second-order valence-corrected chi connectivity index (χ2v) is 20.0. The van der Waals surface area contributed by atoms with Gasteiger partial charge >= 0.3 is 11.9 Å². The van der Waals surface area contributed by atoms with Crippen molar-refractivity contribution in [3.8, 4) is 0 Å². The zero-order valence-corrected chi connectivity index (χ0v) is 42.4. The monoisotopic (exact) mass is 908 g/mol. The van der Waals surface area contributed by atoms with Crippen molar-refractivity contribution in [3.63, 3.8) is 0 Å². The van der Waals surface area contributed by atoms with E-state index in [4.69, 9.17) is 18.5 Å². The van der Waals surface area contributed by atoms with E-state index >= 15 is 0 Å². The number of quaternary nitrogens is 1. The number of carbonyl (C=O) groups excluding carboxylic acids is 2. The Kier molecular flexibility index (Phi) is 43.7. The van der Waals surface area contributed by atoms with Crippen molar-refractivity contribution in [1.82, 2.24) is 0 Å². The lowest BCUT2D eigenvalue weighted by Gasteiger charge is -2.28. The molecule has 368 valence electrons. The van der Waals surface area contributed by atoms with Gasteiger partial charge in [0.15, 0.2) is 6.10 Å². The minimum atomic E-state index is -4.64. The molecular formula is C53H98NO8P. The molecule has 0 bridgehead atoms. The van der Waals surface area contributed by atoms with Crippen LogP contribution >= 0.6 is 7.82 Å². The summed E-state index contributed by atoms with van der Waals surface area (Å²) in [6.07, 6.45) is 54.4. The number of phosphoric ester groups is 1. The Morgan fingerprint density at radius 1 is 0.492 bits per heavy atom. The van der Waals surface area contributed by atoms with Crippen molar-refractivity contribution in [3.05, 3.63) is 48.6 Å². The molecular weight excluding hydrogens is 810 g/mol. The van der Waals surface area contributed by atoms with Gasteiger partial charge in [-0.2, -0.15) is 0 Å². The maximum absolute atomic E-state index is 12.7. The van der Waals surface area contributed by atoms with Crippen LogP contribution in [0.15, 0.2) is 48.6 Å². The van der Waals surface area contributed by atoms with Gasteiger partial charge in [0.1, 0.15) is 19.8 Å². The number of carbonyl (C=O) groups is 2. The van der Waals surface area contributed by atoms with E-state index in [0.29, 0.717) is 23.9 Å². The van der Waals surface area contributed by atoms with Gasteiger partial charge < -0.3 is 27.9 Å². The molecule has 0 aromatic heterocycles. The second kappa shape index (κ2) is 45.1. The highest BCUT2D eigenvalue weighted by atomic mass is 31.2. The normalized spacial score (nSPS) is 13.8. The Balaban J connectivity index is 4.34. The van der Waals surface area contributed by atoms with Crippen molar-refractivity contribution in [1.29, 1.82) is 0 Å². The molecule has 0 spiro atoms. The van der Waals surface area contributed by atoms with Crippen LogP contribution in [0.3, 0.4) is 0 Å². The summed E-state index contributed by atoms with van der Waals surface area (Å²) in [6, 6.07) is 0. The first kappa shape index (κ1) is 61.0. The molecule has 0 N–H and O–H groups in total. The van der Waals surface area contributed by atoms with E-state index in [1.54, 1.807) is 0 Å². The third-order valence-electron chi connectivity index (χ3n) is 11.1. The SMILES string of the molecule is CCCCCCCCC/C=C/C/C=C/C/C=C/C/C=C/CCCC(=O)OC[C@H](COP(=O)([O-])OCC[N+](C)(C)C)OC(=O)CCCCCCCCCCCCCCCCCCCC. The number of likely N-dealkylation sites (N-methyl/N-ethyl adjacent to an activating group) is 1. The summed E-state index contributed by atoms with van der Waals surface area (Å²) in [5.74, 6) is -0.892. The number of allylic oxidation sites excluding steroid dienone is 8. The maximum atomic E-state index is 12.7. The van der Waals surface area contributed by atoms with Gasteiger partial charge in [0.25, 0.3) is 7.82 Å². The fourth-order valence-electron chi connectivity index (χ4n) is 7.06. The number of ether oxygens (including phenoxy) is 2. The molecule has 0 aliphatic rings. The highest BCUT2D eigenvalue weighted by Gasteiger charge is 2.21. The Morgan fingerprint density at radius 2 is 0.873 bits per heavy atom. The average molecular weight is 908 g/mol. The van der Waals surface area contributed by atoms with Crippen LogP contribution in [0.1, 0.15) is 226 Å². The smallest absolute Gasteiger partial charge is 0.306 e. The minimum absolute atomic E-state index is 0.0390. The van der Waals surface area contributed by atoms with Crippen molar-refractivity contribution in [2.45, 2.75) is 232 Å². The van der Waals surface area contributed by atoms with E-state index in [0.717, 1.165) is 44.9 Å². The Hall–Kier alpha value is -2.03. The van der Waals surface area contributed by atoms with E-state index in [1.807, 2.05) is 21.1 Å². The van der Waals surface area contributed by atoms with Crippen LogP contribution in [0.2, 0.25) is 0 Å². The fourth-order valence-corrected chi connectivity index (χ4v) is 7.79. The number of hydrogen-bond acceptors (Lipinski definition) is 8. The molecule has 0 aliphatic heterocycles. The third-order valence-corrected chi connectivity index (χ3v) is 12.1. The first-order valence-electron chi connectivity index (χ1n) is 25.8. The maximum Gasteiger partial charge on any atom is 0.306 e. The van der Waals surface area contributed by atoms with Gasteiger partial charge in [0, 0.05) is 12.8 Å². The van der Waals surface area contributed by atoms with Gasteiger partial charge in [-0.25, -0.2) is 0 Å². The molecule has 0 heterocycles. The average Bonchev–Trinajstić information content (AvgIpc) is 3.24. The molecule has 9 nitrogen and oxygen atoms in total. The molecule has 0 aromatic rings. The molecule has 0 saturated carbocycles. The van der Waals surface area contributed by atoms with Crippen LogP contribution in [0.25, 0.3) is 0 Å². The Labute approximate surface area is 388 Å². The first-order valence-corrected chi connectivity index (χ1v) is 27.3. The number of unbranched alkanes of at least 4 members (excludes halogenated alkanes) is 25. The van der Waals surface area contributed by atoms with E-state index in [1.165, 1.54) is 141 Å². The van der Waals surface area contributed by atoms with E-state index < -0.39 is 32.5 Å². The molecule has 10 heteroatoms. The van der Waals surface area contributed by atoms with Gasteiger partial charge in [-0.05, 0) is 51.4 Å². The lowest BCUT2D eigenvalue weighted by atomic mass is 10.0. The molecule has 63 heavy (non-hydrogen) atoms. The molecule has 0 amide bonds. The highest BCUT2D eigenvalue weighted by Crippen LogP contribution is 2.38. The van der Waals surface area contributed by atoms with Crippen LogP contribution in [-0.4, -0.2) is 70.0 Å². The predicted molar refractivity (Wildman–Crippen MR) is 264 cm³/mol. The quantitative estimate of drug-likeness (QED) is 0.0195. The Bertz CT molecular complexity index is 1210. The summed E-state index contributed by atoms with van der Waals surface area (Å²) in [6.45, 7) is 4.19. The number of esters is 2. The molecule has 0 radical (unpaired) electrons. The largest absolute Gasteiger partial charge is 0.756 e. The van der Waals surface area contributed by atoms with Crippen molar-refractivity contribution >= 4 is 19.8 Å². The topological polar surface area (TPSA) is 111 Å². The number of rotatable bonds is 47. The van der Waals surface area contributed by atoms with Gasteiger partial charge in [-0.15, -0.1) is 0 Å². The molecule has 1 unspecified atom stereocenters. The van der Waals surface area contributed by atoms with Gasteiger partial charge in [0.05, 0.1) is 27.7 Å². The molecule has 0 saturated heterocycles. The molecule has 0 aromatic carbocycles. The number of hydrogen-bond donors (Lipinski definition) is 0. The zero-order chi connectivity index (χ0) is 46.4. The standard InChI is InChI=1S/C53H98NO8P/c1-6-8-10-12-14-16-18-20-22-24-26-27-28-30-31-33-35-37-39-41-43-45-52(55)59-49-51(50-61-63(57,58)60-48-47-54(3,4)5)62-53(56)46-44-42-40-38-36-34-32-29-25-23-21-19-17-15-13-11-9-7-2/h22,24,27-28,31,33,37,39,51H,6-21,23,25-26,29-30,32,34-36,38,40-50H2,1-5H3/b24-22+,28-27+,33-31+,39-37+/t51-/m1/s1. The van der Waals surface area contributed by atoms with Crippen LogP contribution < -0.4 is 4.89 Å². The van der Waals surface area contributed by atoms with Gasteiger partial charge in [-0.1, -0.05) is 210 Å². The minimum Gasteiger partial charge on any atom is -0.756 e. The van der Waals surface area contributed by atoms with Crippen molar-refractivity contribution < 1.29 is 42.1 Å². The fraction of sp³-hybridized carbons (Fsp3) is 0.811. The van der Waals surface area contributed by atoms with Crippen molar-refractivity contribution in [2.24, 2.45) is 0 Å². The van der Waals surface area contributed by atoms with Crippen LogP contribution in [0, 0.1) is 0 Å². The number of nitrogens with zero attached hydrogens (tertiary/aromatic N) is 1. The number of phosphoric acid groups is 1. The van der Waals surface area contributed by atoms with Crippen LogP contribution in [-0.2, 0) is 32.7 Å². The molecule has 0 fully saturated rings.